The van der Waals surface area contributed by atoms with E-state index in [0.717, 1.165) is 19.3 Å². The van der Waals surface area contributed by atoms with Gasteiger partial charge in [-0.2, -0.15) is 0 Å². The van der Waals surface area contributed by atoms with Crippen LogP contribution in [0.15, 0.2) is 24.3 Å². The van der Waals surface area contributed by atoms with Crippen LogP contribution in [0.2, 0.25) is 0 Å². The van der Waals surface area contributed by atoms with Crippen molar-refractivity contribution in [3.63, 3.8) is 0 Å². The molecule has 21 heavy (non-hydrogen) atoms. The second-order valence-corrected chi connectivity index (χ2v) is 4.91. The van der Waals surface area contributed by atoms with Gasteiger partial charge in [0.05, 0.1) is 11.5 Å². The molecule has 1 amide bonds. The summed E-state index contributed by atoms with van der Waals surface area (Å²) >= 11 is 0. The highest BCUT2D eigenvalue weighted by molar-refractivity contribution is 5.78. The Morgan fingerprint density at radius 2 is 2.14 bits per heavy atom. The monoisotopic (exact) mass is 294 g/mol. The van der Waals surface area contributed by atoms with Crippen LogP contribution in [0.1, 0.15) is 19.3 Å². The van der Waals surface area contributed by atoms with Crippen LogP contribution in [0.25, 0.3) is 0 Å². The second-order valence-electron chi connectivity index (χ2n) is 4.91. The van der Waals surface area contributed by atoms with E-state index in [1.54, 1.807) is 17.0 Å². The van der Waals surface area contributed by atoms with Gasteiger partial charge in [-0.3, -0.25) is 14.9 Å². The van der Waals surface area contributed by atoms with Crippen molar-refractivity contribution in [2.75, 3.05) is 19.8 Å². The molecule has 7 heteroatoms. The minimum Gasteiger partial charge on any atom is -0.477 e. The molecule has 1 aliphatic carbocycles. The highest BCUT2D eigenvalue weighted by Gasteiger charge is 2.28. The number of benzene rings is 1. The summed E-state index contributed by atoms with van der Waals surface area (Å²) in [6.07, 6.45) is 2.93. The molecule has 0 saturated heterocycles. The number of aliphatic hydroxyl groups excluding tert-OH is 1. The summed E-state index contributed by atoms with van der Waals surface area (Å²) in [6, 6.07) is 6.10. The van der Waals surface area contributed by atoms with Crippen molar-refractivity contribution >= 4 is 11.6 Å². The van der Waals surface area contributed by atoms with Crippen LogP contribution in [-0.4, -0.2) is 46.6 Å². The quantitative estimate of drug-likeness (QED) is 0.605. The van der Waals surface area contributed by atoms with Crippen molar-refractivity contribution in [1.82, 2.24) is 4.90 Å². The van der Waals surface area contributed by atoms with E-state index in [1.807, 2.05) is 0 Å². The number of nitro groups is 1. The number of para-hydroxylation sites is 2. The van der Waals surface area contributed by atoms with E-state index in [-0.39, 0.29) is 43.1 Å². The van der Waals surface area contributed by atoms with Gasteiger partial charge in [-0.05, 0) is 25.3 Å². The Labute approximate surface area is 122 Å². The maximum atomic E-state index is 12.1. The second kappa shape index (κ2) is 7.03. The summed E-state index contributed by atoms with van der Waals surface area (Å²) in [5.74, 6) is -0.180. The summed E-state index contributed by atoms with van der Waals surface area (Å²) in [6.45, 7) is -0.0984. The zero-order chi connectivity index (χ0) is 15.2. The maximum absolute atomic E-state index is 12.1. The number of rotatable bonds is 7. The van der Waals surface area contributed by atoms with E-state index in [9.17, 15) is 14.9 Å². The smallest absolute Gasteiger partial charge is 0.310 e. The molecule has 0 radical (unpaired) electrons. The van der Waals surface area contributed by atoms with Crippen LogP contribution in [-0.2, 0) is 4.79 Å². The fourth-order valence-corrected chi connectivity index (χ4v) is 2.27. The molecule has 1 fully saturated rings. The minimum absolute atomic E-state index is 0.0772. The number of hydrogen-bond donors (Lipinski definition) is 1. The number of ether oxygens (including phenoxy) is 1. The van der Waals surface area contributed by atoms with E-state index >= 15 is 0 Å². The fraction of sp³-hybridized carbons (Fsp3) is 0.500. The number of carbonyl (C=O) groups is 1. The Hall–Kier alpha value is -2.15. The van der Waals surface area contributed by atoms with Crippen LogP contribution in [0.5, 0.6) is 5.75 Å². The zero-order valence-corrected chi connectivity index (χ0v) is 11.6. The van der Waals surface area contributed by atoms with Gasteiger partial charge >= 0.3 is 5.69 Å². The summed E-state index contributed by atoms with van der Waals surface area (Å²) in [5.41, 5.74) is -0.164. The maximum Gasteiger partial charge on any atom is 0.310 e. The van der Waals surface area contributed by atoms with E-state index in [1.165, 1.54) is 12.1 Å². The van der Waals surface area contributed by atoms with Gasteiger partial charge in [-0.25, -0.2) is 0 Å². The van der Waals surface area contributed by atoms with Gasteiger partial charge in [0.1, 0.15) is 0 Å². The van der Waals surface area contributed by atoms with Crippen molar-refractivity contribution in [1.29, 1.82) is 0 Å². The van der Waals surface area contributed by atoms with Crippen LogP contribution < -0.4 is 4.74 Å². The molecule has 1 aromatic rings. The molecule has 1 aromatic carbocycles. The normalized spacial score (nSPS) is 14.3. The predicted octanol–water partition coefficient (Wildman–Crippen LogP) is 1.35. The number of nitrogens with zero attached hydrogens (tertiary/aromatic N) is 2. The number of aliphatic hydroxyl groups is 1. The summed E-state index contributed by atoms with van der Waals surface area (Å²) in [7, 11) is 0. The van der Waals surface area contributed by atoms with Gasteiger partial charge in [-0.15, -0.1) is 0 Å². The molecule has 0 atom stereocenters. The molecule has 0 unspecified atom stereocenters. The number of nitro benzene ring substituents is 1. The Morgan fingerprint density at radius 3 is 2.71 bits per heavy atom. The van der Waals surface area contributed by atoms with Crippen LogP contribution >= 0.6 is 0 Å². The molecule has 0 heterocycles. The van der Waals surface area contributed by atoms with Crippen molar-refractivity contribution in [3.05, 3.63) is 34.4 Å². The van der Waals surface area contributed by atoms with E-state index in [4.69, 9.17) is 9.84 Å². The lowest BCUT2D eigenvalue weighted by molar-refractivity contribution is -0.385. The van der Waals surface area contributed by atoms with Gasteiger partial charge in [0.2, 0.25) is 0 Å². The highest BCUT2D eigenvalue weighted by atomic mass is 16.6. The molecule has 1 saturated carbocycles. The molecule has 1 N–H and O–H groups in total. The average Bonchev–Trinajstić information content (AvgIpc) is 2.42. The standard InChI is InChI=1S/C14H18N2O5/c17-9-8-15(11-4-3-5-11)14(18)10-21-13-7-2-1-6-12(13)16(19)20/h1-2,6-7,11,17H,3-5,8-10H2. The third kappa shape index (κ3) is 3.69. The topological polar surface area (TPSA) is 92.9 Å². The Morgan fingerprint density at radius 1 is 1.43 bits per heavy atom. The largest absolute Gasteiger partial charge is 0.477 e. The third-order valence-electron chi connectivity index (χ3n) is 3.59. The van der Waals surface area contributed by atoms with Crippen molar-refractivity contribution < 1.29 is 19.6 Å². The Kier molecular flexibility index (Phi) is 5.10. The van der Waals surface area contributed by atoms with Crippen molar-refractivity contribution in [3.8, 4) is 5.75 Å². The lowest BCUT2D eigenvalue weighted by atomic mass is 9.91. The van der Waals surface area contributed by atoms with Gasteiger partial charge in [0.25, 0.3) is 5.91 Å². The minimum atomic E-state index is -0.544. The molecule has 0 aliphatic heterocycles. The third-order valence-corrected chi connectivity index (χ3v) is 3.59. The molecular weight excluding hydrogens is 276 g/mol. The van der Waals surface area contributed by atoms with E-state index < -0.39 is 4.92 Å². The first kappa shape index (κ1) is 15.2. The average molecular weight is 294 g/mol. The molecule has 0 bridgehead atoms. The van der Waals surface area contributed by atoms with E-state index in [2.05, 4.69) is 0 Å². The van der Waals surface area contributed by atoms with Gasteiger partial charge in [0.15, 0.2) is 12.4 Å². The first-order valence-corrected chi connectivity index (χ1v) is 6.90. The number of carbonyl (C=O) groups excluding carboxylic acids is 1. The molecular formula is C14H18N2O5. The van der Waals surface area contributed by atoms with E-state index in [0.29, 0.717) is 0 Å². The number of amides is 1. The molecule has 114 valence electrons. The molecule has 2 rings (SSSR count). The molecule has 7 nitrogen and oxygen atoms in total. The van der Waals surface area contributed by atoms with Crippen molar-refractivity contribution in [2.45, 2.75) is 25.3 Å². The van der Waals surface area contributed by atoms with Crippen LogP contribution in [0.4, 0.5) is 5.69 Å². The van der Waals surface area contributed by atoms with Crippen LogP contribution in [0.3, 0.4) is 0 Å². The van der Waals surface area contributed by atoms with Crippen molar-refractivity contribution in [2.24, 2.45) is 0 Å². The molecule has 0 spiro atoms. The molecule has 0 aromatic heterocycles. The SMILES string of the molecule is O=C(COc1ccccc1[N+](=O)[O-])N(CCO)C1CCC1. The Bertz CT molecular complexity index is 516. The Balaban J connectivity index is 1.98. The van der Waals surface area contributed by atoms with Gasteiger partial charge in [0, 0.05) is 18.7 Å². The zero-order valence-electron chi connectivity index (χ0n) is 11.6. The first-order valence-electron chi connectivity index (χ1n) is 6.90. The van der Waals surface area contributed by atoms with Gasteiger partial charge in [-0.1, -0.05) is 12.1 Å². The van der Waals surface area contributed by atoms with Crippen LogP contribution in [0, 0.1) is 10.1 Å². The summed E-state index contributed by atoms with van der Waals surface area (Å²) in [5, 5.41) is 19.9. The van der Waals surface area contributed by atoms with Gasteiger partial charge < -0.3 is 14.7 Å². The molecule has 1 aliphatic rings. The predicted molar refractivity (Wildman–Crippen MR) is 75.0 cm³/mol. The summed E-state index contributed by atoms with van der Waals surface area (Å²) in [4.78, 5) is 24.1. The lowest BCUT2D eigenvalue weighted by Gasteiger charge is -2.37. The first-order chi connectivity index (χ1) is 10.1. The fourth-order valence-electron chi connectivity index (χ4n) is 2.27. The number of hydrogen-bond acceptors (Lipinski definition) is 5. The lowest BCUT2D eigenvalue weighted by Crippen LogP contribution is -2.47. The highest BCUT2D eigenvalue weighted by Crippen LogP contribution is 2.27. The summed E-state index contributed by atoms with van der Waals surface area (Å²) < 4.78 is 5.29.